The van der Waals surface area contributed by atoms with E-state index in [0.29, 0.717) is 6.54 Å². The molecule has 1 aromatic rings. The number of piperidine rings is 1. The van der Waals surface area contributed by atoms with E-state index in [1.807, 2.05) is 44.4 Å². The monoisotopic (exact) mass is 335 g/mol. The van der Waals surface area contributed by atoms with Gasteiger partial charge in [-0.15, -0.1) is 11.8 Å². The molecule has 1 aromatic carbocycles. The highest BCUT2D eigenvalue weighted by atomic mass is 32.2. The molecule has 0 spiro atoms. The first-order chi connectivity index (χ1) is 11.0. The Hall–Kier alpha value is -1.33. The van der Waals surface area contributed by atoms with Crippen molar-refractivity contribution in [1.82, 2.24) is 4.90 Å². The van der Waals surface area contributed by atoms with Crippen LogP contribution >= 0.6 is 11.8 Å². The van der Waals surface area contributed by atoms with Crippen molar-refractivity contribution in [3.05, 3.63) is 29.8 Å². The van der Waals surface area contributed by atoms with E-state index in [-0.39, 0.29) is 30.3 Å². The van der Waals surface area contributed by atoms with Gasteiger partial charge in [0.1, 0.15) is 6.61 Å². The summed E-state index contributed by atoms with van der Waals surface area (Å²) in [5.74, 6) is 0.0146. The fourth-order valence-electron chi connectivity index (χ4n) is 2.74. The molecule has 126 valence electrons. The average Bonchev–Trinajstić information content (AvgIpc) is 2.59. The lowest BCUT2D eigenvalue weighted by Crippen LogP contribution is -2.44. The fraction of sp³-hybridized carbons (Fsp3) is 0.556. The number of nitrogens with zero attached hydrogens (tertiary/aromatic N) is 1. The van der Waals surface area contributed by atoms with Gasteiger partial charge in [-0.05, 0) is 45.1 Å². The number of hydrogen-bond donors (Lipinski definition) is 0. The molecule has 1 aliphatic heterocycles. The van der Waals surface area contributed by atoms with Crippen molar-refractivity contribution in [3.8, 4) is 0 Å². The van der Waals surface area contributed by atoms with Gasteiger partial charge in [0.25, 0.3) is 0 Å². The largest absolute Gasteiger partial charge is 0.369 e. The number of likely N-dealkylation sites (tertiary alicyclic amines) is 1. The molecule has 1 atom stereocenters. The number of benzene rings is 1. The van der Waals surface area contributed by atoms with Gasteiger partial charge in [-0.1, -0.05) is 12.1 Å². The number of carbonyl (C=O) groups excluding carboxylic acids is 2. The highest BCUT2D eigenvalue weighted by Gasteiger charge is 2.29. The topological polar surface area (TPSA) is 46.6 Å². The first kappa shape index (κ1) is 18.0. The standard InChI is InChI=1S/C18H25NO3S/c1-13(2)22-12-17(20)19-10-4-5-15(11-19)18(21)14-6-8-16(23-3)9-7-14/h6-9,13,15H,4-5,10-12H2,1-3H3. The maximum absolute atomic E-state index is 12.7. The molecule has 1 amide bonds. The lowest BCUT2D eigenvalue weighted by molar-refractivity contribution is -0.139. The summed E-state index contributed by atoms with van der Waals surface area (Å²) < 4.78 is 5.38. The van der Waals surface area contributed by atoms with Crippen molar-refractivity contribution in [3.63, 3.8) is 0 Å². The first-order valence-electron chi connectivity index (χ1n) is 8.09. The Bertz CT molecular complexity index is 542. The van der Waals surface area contributed by atoms with Crippen LogP contribution in [0.25, 0.3) is 0 Å². The quantitative estimate of drug-likeness (QED) is 0.591. The SMILES string of the molecule is CSc1ccc(C(=O)C2CCCN(C(=O)COC(C)C)C2)cc1. The van der Waals surface area contributed by atoms with Gasteiger partial charge < -0.3 is 9.64 Å². The maximum atomic E-state index is 12.7. The van der Waals surface area contributed by atoms with Crippen LogP contribution in [0.4, 0.5) is 0 Å². The van der Waals surface area contributed by atoms with E-state index in [2.05, 4.69) is 0 Å². The van der Waals surface area contributed by atoms with E-state index < -0.39 is 0 Å². The number of amides is 1. The number of thioether (sulfide) groups is 1. The molecule has 1 fully saturated rings. The molecule has 5 heteroatoms. The van der Waals surface area contributed by atoms with E-state index in [9.17, 15) is 9.59 Å². The number of ketones is 1. The van der Waals surface area contributed by atoms with Gasteiger partial charge in [-0.25, -0.2) is 0 Å². The average molecular weight is 335 g/mol. The minimum atomic E-state index is -0.105. The first-order valence-corrected chi connectivity index (χ1v) is 9.31. The van der Waals surface area contributed by atoms with Crippen LogP contribution in [-0.4, -0.2) is 48.6 Å². The van der Waals surface area contributed by atoms with E-state index >= 15 is 0 Å². The third-order valence-corrected chi connectivity index (χ3v) is 4.80. The van der Waals surface area contributed by atoms with Crippen LogP contribution in [-0.2, 0) is 9.53 Å². The number of ether oxygens (including phenoxy) is 1. The zero-order valence-corrected chi connectivity index (χ0v) is 14.9. The molecular weight excluding hydrogens is 310 g/mol. The van der Waals surface area contributed by atoms with Gasteiger partial charge in [0.2, 0.25) is 5.91 Å². The van der Waals surface area contributed by atoms with Crippen molar-refractivity contribution in [2.24, 2.45) is 5.92 Å². The minimum absolute atomic E-state index is 0.0195. The molecule has 0 saturated carbocycles. The summed E-state index contributed by atoms with van der Waals surface area (Å²) in [5.41, 5.74) is 0.737. The molecule has 1 unspecified atom stereocenters. The molecule has 0 aromatic heterocycles. The van der Waals surface area contributed by atoms with Crippen LogP contribution in [0.15, 0.2) is 29.2 Å². The normalized spacial score (nSPS) is 18.3. The van der Waals surface area contributed by atoms with E-state index in [1.165, 1.54) is 0 Å². The van der Waals surface area contributed by atoms with Gasteiger partial charge in [0, 0.05) is 29.5 Å². The summed E-state index contributed by atoms with van der Waals surface area (Å²) in [6.45, 7) is 5.14. The van der Waals surface area contributed by atoms with E-state index in [4.69, 9.17) is 4.74 Å². The van der Waals surface area contributed by atoms with Gasteiger partial charge in [-0.3, -0.25) is 9.59 Å². The Labute approximate surface area is 142 Å². The van der Waals surface area contributed by atoms with Crippen molar-refractivity contribution in [1.29, 1.82) is 0 Å². The molecule has 23 heavy (non-hydrogen) atoms. The number of hydrogen-bond acceptors (Lipinski definition) is 4. The number of carbonyl (C=O) groups is 2. The Balaban J connectivity index is 1.96. The Morgan fingerprint density at radius 3 is 2.61 bits per heavy atom. The Kier molecular flexibility index (Phi) is 6.66. The lowest BCUT2D eigenvalue weighted by Gasteiger charge is -2.32. The summed E-state index contributed by atoms with van der Waals surface area (Å²) in [4.78, 5) is 27.7. The van der Waals surface area contributed by atoms with Crippen LogP contribution in [0.3, 0.4) is 0 Å². The molecule has 2 rings (SSSR count). The zero-order chi connectivity index (χ0) is 16.8. The van der Waals surface area contributed by atoms with Crippen LogP contribution in [0.1, 0.15) is 37.0 Å². The van der Waals surface area contributed by atoms with Crippen molar-refractivity contribution in [2.45, 2.75) is 37.7 Å². The molecular formula is C18H25NO3S. The fourth-order valence-corrected chi connectivity index (χ4v) is 3.15. The minimum Gasteiger partial charge on any atom is -0.369 e. The van der Waals surface area contributed by atoms with Crippen molar-refractivity contribution < 1.29 is 14.3 Å². The molecule has 1 heterocycles. The van der Waals surface area contributed by atoms with Crippen LogP contribution in [0.2, 0.25) is 0 Å². The summed E-state index contributed by atoms with van der Waals surface area (Å²) >= 11 is 1.66. The zero-order valence-electron chi connectivity index (χ0n) is 14.1. The van der Waals surface area contributed by atoms with E-state index in [0.717, 1.165) is 29.8 Å². The van der Waals surface area contributed by atoms with Gasteiger partial charge in [0.05, 0.1) is 6.10 Å². The number of Topliss-reactive ketones (excluding diaryl/α,β-unsaturated/α-hetero) is 1. The maximum Gasteiger partial charge on any atom is 0.248 e. The second kappa shape index (κ2) is 8.50. The van der Waals surface area contributed by atoms with Gasteiger partial charge in [-0.2, -0.15) is 0 Å². The third kappa shape index (κ3) is 5.08. The molecule has 0 radical (unpaired) electrons. The van der Waals surface area contributed by atoms with Crippen molar-refractivity contribution >= 4 is 23.5 Å². The summed E-state index contributed by atoms with van der Waals surface area (Å²) in [6.07, 6.45) is 3.77. The predicted molar refractivity (Wildman–Crippen MR) is 92.9 cm³/mol. The van der Waals surface area contributed by atoms with Crippen LogP contribution in [0.5, 0.6) is 0 Å². The predicted octanol–water partition coefficient (Wildman–Crippen LogP) is 3.25. The second-order valence-corrected chi connectivity index (χ2v) is 7.01. The molecule has 0 N–H and O–H groups in total. The smallest absolute Gasteiger partial charge is 0.248 e. The molecule has 4 nitrogen and oxygen atoms in total. The summed E-state index contributed by atoms with van der Waals surface area (Å²) in [5, 5.41) is 0. The van der Waals surface area contributed by atoms with E-state index in [1.54, 1.807) is 16.7 Å². The highest BCUT2D eigenvalue weighted by molar-refractivity contribution is 7.98. The van der Waals surface area contributed by atoms with Crippen molar-refractivity contribution in [2.75, 3.05) is 26.0 Å². The van der Waals surface area contributed by atoms with Gasteiger partial charge in [0.15, 0.2) is 5.78 Å². The number of rotatable bonds is 6. The molecule has 0 bridgehead atoms. The molecule has 0 aliphatic carbocycles. The summed E-state index contributed by atoms with van der Waals surface area (Å²) in [6, 6.07) is 7.72. The molecule has 1 saturated heterocycles. The Morgan fingerprint density at radius 2 is 2.00 bits per heavy atom. The lowest BCUT2D eigenvalue weighted by atomic mass is 9.90. The second-order valence-electron chi connectivity index (χ2n) is 6.13. The Morgan fingerprint density at radius 1 is 1.30 bits per heavy atom. The van der Waals surface area contributed by atoms with Crippen LogP contribution in [0, 0.1) is 5.92 Å². The highest BCUT2D eigenvalue weighted by Crippen LogP contribution is 2.23. The van der Waals surface area contributed by atoms with Gasteiger partial charge >= 0.3 is 0 Å². The van der Waals surface area contributed by atoms with Crippen LogP contribution < -0.4 is 0 Å². The third-order valence-electron chi connectivity index (χ3n) is 4.06. The molecule has 1 aliphatic rings. The summed E-state index contributed by atoms with van der Waals surface area (Å²) in [7, 11) is 0.